The Bertz CT molecular complexity index is 351. The average molecular weight is 226 g/mol. The van der Waals surface area contributed by atoms with Gasteiger partial charge in [-0.1, -0.05) is 0 Å². The van der Waals surface area contributed by atoms with Crippen molar-refractivity contribution in [3.8, 4) is 0 Å². The van der Waals surface area contributed by atoms with Crippen molar-refractivity contribution in [1.29, 1.82) is 0 Å². The molecule has 0 aromatic rings. The number of amides is 2. The number of hydrogen-bond acceptors (Lipinski definition) is 4. The van der Waals surface area contributed by atoms with Gasteiger partial charge in [0, 0.05) is 13.1 Å². The number of nitrogens with zero attached hydrogens (tertiary/aromatic N) is 2. The molecule has 1 N–H and O–H groups in total. The normalized spacial score (nSPS) is 25.6. The highest BCUT2D eigenvalue weighted by atomic mass is 16.4. The fourth-order valence-corrected chi connectivity index (χ4v) is 2.05. The highest BCUT2D eigenvalue weighted by molar-refractivity contribution is 6.05. The van der Waals surface area contributed by atoms with E-state index in [4.69, 9.17) is 5.11 Å². The molecule has 0 radical (unpaired) electrons. The van der Waals surface area contributed by atoms with E-state index in [-0.39, 0.29) is 30.8 Å². The number of carbonyl (C=O) groups is 3. The highest BCUT2D eigenvalue weighted by Gasteiger charge is 2.45. The lowest BCUT2D eigenvalue weighted by Crippen LogP contribution is -2.45. The number of carboxylic acid groups (broad SMARTS) is 1. The van der Waals surface area contributed by atoms with Crippen molar-refractivity contribution in [2.75, 3.05) is 13.6 Å². The first kappa shape index (κ1) is 11.1. The fourth-order valence-electron chi connectivity index (χ4n) is 2.05. The summed E-state index contributed by atoms with van der Waals surface area (Å²) in [4.78, 5) is 36.5. The number of imide groups is 1. The molecule has 6 nitrogen and oxygen atoms in total. The molecule has 1 saturated carbocycles. The van der Waals surface area contributed by atoms with Crippen molar-refractivity contribution in [1.82, 2.24) is 9.80 Å². The smallest absolute Gasteiger partial charge is 0.317 e. The van der Waals surface area contributed by atoms with Crippen molar-refractivity contribution < 1.29 is 19.5 Å². The van der Waals surface area contributed by atoms with Gasteiger partial charge in [-0.05, 0) is 12.8 Å². The second-order valence-electron chi connectivity index (χ2n) is 4.31. The van der Waals surface area contributed by atoms with Gasteiger partial charge in [-0.3, -0.25) is 24.2 Å². The lowest BCUT2D eigenvalue weighted by atomic mass is 10.2. The first-order valence-electron chi connectivity index (χ1n) is 5.28. The van der Waals surface area contributed by atoms with E-state index in [2.05, 4.69) is 0 Å². The summed E-state index contributed by atoms with van der Waals surface area (Å²) >= 11 is 0. The van der Waals surface area contributed by atoms with Gasteiger partial charge < -0.3 is 5.11 Å². The van der Waals surface area contributed by atoms with Gasteiger partial charge in [-0.2, -0.15) is 0 Å². The van der Waals surface area contributed by atoms with Crippen LogP contribution in [0, 0.1) is 0 Å². The van der Waals surface area contributed by atoms with Gasteiger partial charge in [-0.25, -0.2) is 0 Å². The van der Waals surface area contributed by atoms with Crippen LogP contribution in [-0.4, -0.2) is 58.4 Å². The van der Waals surface area contributed by atoms with Crippen molar-refractivity contribution in [3.05, 3.63) is 0 Å². The molecule has 2 fully saturated rings. The minimum absolute atomic E-state index is 0.110. The monoisotopic (exact) mass is 226 g/mol. The molecule has 2 aliphatic rings. The highest BCUT2D eigenvalue weighted by Crippen LogP contribution is 2.31. The van der Waals surface area contributed by atoms with Crippen molar-refractivity contribution in [2.24, 2.45) is 0 Å². The number of carboxylic acids is 1. The number of aliphatic carboxylic acids is 1. The lowest BCUT2D eigenvalue weighted by molar-refractivity contribution is -0.141. The maximum atomic E-state index is 11.7. The van der Waals surface area contributed by atoms with Crippen LogP contribution >= 0.6 is 0 Å². The topological polar surface area (TPSA) is 77.9 Å². The molecule has 1 atom stereocenters. The molecule has 0 spiro atoms. The molecule has 1 aliphatic heterocycles. The first-order valence-corrected chi connectivity index (χ1v) is 5.28. The molecule has 6 heteroatoms. The van der Waals surface area contributed by atoms with Crippen molar-refractivity contribution in [3.63, 3.8) is 0 Å². The summed E-state index contributed by atoms with van der Waals surface area (Å²) in [6, 6.07) is -0.412. The Kier molecular flexibility index (Phi) is 2.67. The summed E-state index contributed by atoms with van der Waals surface area (Å²) in [5.74, 6) is -1.47. The van der Waals surface area contributed by atoms with Crippen LogP contribution in [0.25, 0.3) is 0 Å². The molecule has 0 aromatic heterocycles. The van der Waals surface area contributed by atoms with Crippen LogP contribution in [-0.2, 0) is 14.4 Å². The Morgan fingerprint density at radius 1 is 1.50 bits per heavy atom. The van der Waals surface area contributed by atoms with Crippen LogP contribution < -0.4 is 0 Å². The Morgan fingerprint density at radius 2 is 2.12 bits per heavy atom. The number of carbonyl (C=O) groups excluding carboxylic acids is 2. The second kappa shape index (κ2) is 3.86. The predicted octanol–water partition coefficient (Wildman–Crippen LogP) is -0.707. The van der Waals surface area contributed by atoms with E-state index in [1.54, 1.807) is 4.90 Å². The molecule has 0 bridgehead atoms. The van der Waals surface area contributed by atoms with Crippen LogP contribution in [0.4, 0.5) is 0 Å². The second-order valence-corrected chi connectivity index (χ2v) is 4.31. The van der Waals surface area contributed by atoms with Crippen LogP contribution in [0.2, 0.25) is 0 Å². The van der Waals surface area contributed by atoms with E-state index in [1.807, 2.05) is 0 Å². The van der Waals surface area contributed by atoms with E-state index in [0.717, 1.165) is 17.7 Å². The van der Waals surface area contributed by atoms with Gasteiger partial charge in [0.2, 0.25) is 11.8 Å². The molecule has 16 heavy (non-hydrogen) atoms. The molecule has 0 aromatic carbocycles. The zero-order valence-corrected chi connectivity index (χ0v) is 9.05. The Hall–Kier alpha value is -1.43. The van der Waals surface area contributed by atoms with Crippen molar-refractivity contribution >= 4 is 17.8 Å². The Morgan fingerprint density at radius 3 is 2.50 bits per heavy atom. The van der Waals surface area contributed by atoms with Gasteiger partial charge >= 0.3 is 5.97 Å². The molecule has 1 heterocycles. The third-order valence-electron chi connectivity index (χ3n) is 3.09. The average Bonchev–Trinajstić information content (AvgIpc) is 3.00. The quantitative estimate of drug-likeness (QED) is 0.641. The Balaban J connectivity index is 2.11. The molecular weight excluding hydrogens is 212 g/mol. The largest absolute Gasteiger partial charge is 0.480 e. The first-order chi connectivity index (χ1) is 7.50. The molecule has 1 aliphatic carbocycles. The minimum atomic E-state index is -0.957. The summed E-state index contributed by atoms with van der Waals surface area (Å²) in [7, 11) is 1.44. The van der Waals surface area contributed by atoms with Gasteiger partial charge in [0.15, 0.2) is 0 Å². The molecule has 2 amide bonds. The zero-order chi connectivity index (χ0) is 11.9. The predicted molar refractivity (Wildman–Crippen MR) is 53.5 cm³/mol. The van der Waals surface area contributed by atoms with E-state index < -0.39 is 12.0 Å². The number of rotatable bonds is 4. The third kappa shape index (κ3) is 1.92. The third-order valence-corrected chi connectivity index (χ3v) is 3.09. The van der Waals surface area contributed by atoms with Gasteiger partial charge in [-0.15, -0.1) is 0 Å². The summed E-state index contributed by atoms with van der Waals surface area (Å²) in [6.07, 6.45) is 1.93. The van der Waals surface area contributed by atoms with Crippen molar-refractivity contribution in [2.45, 2.75) is 31.3 Å². The maximum Gasteiger partial charge on any atom is 0.317 e. The van der Waals surface area contributed by atoms with E-state index in [1.165, 1.54) is 7.05 Å². The summed E-state index contributed by atoms with van der Waals surface area (Å²) in [6.45, 7) is -0.164. The van der Waals surface area contributed by atoms with Crippen LogP contribution in [0.1, 0.15) is 19.3 Å². The van der Waals surface area contributed by atoms with E-state index in [0.29, 0.717) is 0 Å². The molecule has 88 valence electrons. The van der Waals surface area contributed by atoms with Crippen LogP contribution in [0.15, 0.2) is 0 Å². The van der Waals surface area contributed by atoms with Crippen LogP contribution in [0.3, 0.4) is 0 Å². The number of hydrogen-bond donors (Lipinski definition) is 1. The summed E-state index contributed by atoms with van der Waals surface area (Å²) in [5.41, 5.74) is 0. The summed E-state index contributed by atoms with van der Waals surface area (Å²) in [5, 5.41) is 8.79. The fraction of sp³-hybridized carbons (Fsp3) is 0.700. The molecule has 1 saturated heterocycles. The molecular formula is C10H14N2O4. The number of likely N-dealkylation sites (tertiary alicyclic amines) is 1. The zero-order valence-electron chi connectivity index (χ0n) is 9.05. The van der Waals surface area contributed by atoms with Crippen LogP contribution in [0.5, 0.6) is 0 Å². The van der Waals surface area contributed by atoms with E-state index in [9.17, 15) is 14.4 Å². The number of likely N-dealkylation sites (N-methyl/N-ethyl adjacent to an activating group) is 1. The SMILES string of the molecule is CN1C(=O)CC(N(CC(=O)O)C2CC2)C1=O. The molecule has 2 rings (SSSR count). The lowest BCUT2D eigenvalue weighted by Gasteiger charge is -2.24. The minimum Gasteiger partial charge on any atom is -0.480 e. The van der Waals surface area contributed by atoms with Gasteiger partial charge in [0.1, 0.15) is 0 Å². The standard InChI is InChI=1S/C10H14N2O4/c1-11-8(13)4-7(10(11)16)12(5-9(14)15)6-2-3-6/h6-7H,2-5H2,1H3,(H,14,15). The Labute approximate surface area is 92.8 Å². The van der Waals surface area contributed by atoms with Gasteiger partial charge in [0.25, 0.3) is 0 Å². The summed E-state index contributed by atoms with van der Waals surface area (Å²) < 4.78 is 0. The van der Waals surface area contributed by atoms with E-state index >= 15 is 0 Å². The molecule has 1 unspecified atom stereocenters. The van der Waals surface area contributed by atoms with Gasteiger partial charge in [0.05, 0.1) is 19.0 Å². The maximum absolute atomic E-state index is 11.7.